The van der Waals surface area contributed by atoms with Gasteiger partial charge in [0.1, 0.15) is 0 Å². The Hall–Kier alpha value is -1.86. The van der Waals surface area contributed by atoms with Gasteiger partial charge < -0.3 is 5.32 Å². The van der Waals surface area contributed by atoms with Crippen LogP contribution < -0.4 is 5.32 Å². The van der Waals surface area contributed by atoms with Gasteiger partial charge in [0.2, 0.25) is 0 Å². The first-order valence-corrected chi connectivity index (χ1v) is 8.76. The number of amides is 1. The lowest BCUT2D eigenvalue weighted by Gasteiger charge is -2.44. The topological polar surface area (TPSA) is 63.1 Å². The van der Waals surface area contributed by atoms with Gasteiger partial charge in [-0.15, -0.1) is 5.10 Å². The number of nitrogens with one attached hydrogen (secondary N) is 1. The smallest absolute Gasteiger partial charge is 0.273 e. The summed E-state index contributed by atoms with van der Waals surface area (Å²) in [6.45, 7) is 3.98. The fourth-order valence-corrected chi connectivity index (χ4v) is 3.40. The normalized spacial score (nSPS) is 18.9. The minimum absolute atomic E-state index is 0. The maximum Gasteiger partial charge on any atom is 0.273 e. The summed E-state index contributed by atoms with van der Waals surface area (Å²) in [6, 6.07) is 11.6. The van der Waals surface area contributed by atoms with Crippen molar-refractivity contribution in [2.24, 2.45) is 0 Å². The van der Waals surface area contributed by atoms with Crippen LogP contribution in [0.2, 0.25) is 0 Å². The molecule has 1 saturated heterocycles. The Morgan fingerprint density at radius 2 is 2.00 bits per heavy atom. The zero-order chi connectivity index (χ0) is 16.5. The molecular formula is C18H25N5OS. The second-order valence-electron chi connectivity index (χ2n) is 6.77. The van der Waals surface area contributed by atoms with E-state index < -0.39 is 0 Å². The number of nitrogens with zero attached hydrogens (tertiary/aromatic N) is 4. The third-order valence-corrected chi connectivity index (χ3v) is 4.92. The molecule has 4 rings (SSSR count). The molecule has 1 atom stereocenters. The van der Waals surface area contributed by atoms with Crippen molar-refractivity contribution in [2.45, 2.75) is 44.3 Å². The summed E-state index contributed by atoms with van der Waals surface area (Å²) < 4.78 is 1.81. The van der Waals surface area contributed by atoms with Gasteiger partial charge in [-0.1, -0.05) is 42.5 Å². The summed E-state index contributed by atoms with van der Waals surface area (Å²) in [4.78, 5) is 14.7. The van der Waals surface area contributed by atoms with Gasteiger partial charge >= 0.3 is 0 Å². The lowest BCUT2D eigenvalue weighted by Crippen LogP contribution is -2.59. The predicted octanol–water partition coefficient (Wildman–Crippen LogP) is 2.29. The molecule has 2 fully saturated rings. The van der Waals surface area contributed by atoms with Gasteiger partial charge in [0.25, 0.3) is 5.91 Å². The van der Waals surface area contributed by atoms with Gasteiger partial charge in [-0.2, -0.15) is 13.5 Å². The van der Waals surface area contributed by atoms with E-state index in [4.69, 9.17) is 0 Å². The zero-order valence-electron chi connectivity index (χ0n) is 14.4. The van der Waals surface area contributed by atoms with Crippen molar-refractivity contribution in [1.82, 2.24) is 25.2 Å². The molecule has 6 nitrogen and oxygen atoms in total. The molecule has 2 aromatic rings. The summed E-state index contributed by atoms with van der Waals surface area (Å²) in [5.74, 6) is -0.112. The lowest BCUT2D eigenvalue weighted by molar-refractivity contribution is 0.0615. The Morgan fingerprint density at radius 3 is 2.64 bits per heavy atom. The third kappa shape index (κ3) is 3.88. The monoisotopic (exact) mass is 359 g/mol. The van der Waals surface area contributed by atoms with Crippen molar-refractivity contribution in [1.29, 1.82) is 0 Å². The van der Waals surface area contributed by atoms with E-state index in [1.54, 1.807) is 6.20 Å². The standard InChI is InChI=1S/C18H23N5O.H2S/c1-2-17(13-6-4-3-5-7-13)22-10-14(11-22)19-18(24)16-12-23(21-20-16)15-8-9-15;/h3-7,12,14-15,17H,2,8-11H2,1H3,(H,19,24);1H2/t17-;/m0./s1. The predicted molar refractivity (Wildman–Crippen MR) is 101 cm³/mol. The van der Waals surface area contributed by atoms with Crippen LogP contribution in [-0.2, 0) is 0 Å². The van der Waals surface area contributed by atoms with Gasteiger partial charge in [0.05, 0.1) is 18.3 Å². The van der Waals surface area contributed by atoms with Gasteiger partial charge in [-0.05, 0) is 24.8 Å². The molecule has 7 heteroatoms. The molecule has 1 amide bonds. The maximum absolute atomic E-state index is 12.3. The molecule has 2 aliphatic rings. The van der Waals surface area contributed by atoms with E-state index in [0.717, 1.165) is 32.4 Å². The van der Waals surface area contributed by atoms with Crippen molar-refractivity contribution in [3.8, 4) is 0 Å². The summed E-state index contributed by atoms with van der Waals surface area (Å²) >= 11 is 0. The van der Waals surface area contributed by atoms with E-state index in [0.29, 0.717) is 17.8 Å². The van der Waals surface area contributed by atoms with E-state index in [2.05, 4.69) is 51.7 Å². The molecule has 2 heterocycles. The average Bonchev–Trinajstić information content (AvgIpc) is 3.31. The highest BCUT2D eigenvalue weighted by molar-refractivity contribution is 7.59. The van der Waals surface area contributed by atoms with Crippen LogP contribution in [0.25, 0.3) is 0 Å². The first-order chi connectivity index (χ1) is 11.7. The van der Waals surface area contributed by atoms with E-state index in [1.165, 1.54) is 5.56 Å². The molecule has 1 saturated carbocycles. The van der Waals surface area contributed by atoms with Crippen molar-refractivity contribution < 1.29 is 4.79 Å². The molecule has 0 radical (unpaired) electrons. The van der Waals surface area contributed by atoms with Crippen molar-refractivity contribution >= 4 is 19.4 Å². The Bertz CT molecular complexity index is 709. The van der Waals surface area contributed by atoms with Gasteiger partial charge in [0, 0.05) is 19.1 Å². The number of rotatable bonds is 6. The van der Waals surface area contributed by atoms with Crippen molar-refractivity contribution in [3.63, 3.8) is 0 Å². The number of carbonyl (C=O) groups excluding carboxylic acids is 1. The van der Waals surface area contributed by atoms with Crippen LogP contribution in [-0.4, -0.2) is 44.9 Å². The van der Waals surface area contributed by atoms with Gasteiger partial charge in [-0.25, -0.2) is 4.68 Å². The summed E-state index contributed by atoms with van der Waals surface area (Å²) in [5.41, 5.74) is 1.77. The van der Waals surface area contributed by atoms with Crippen molar-refractivity contribution in [2.75, 3.05) is 13.1 Å². The molecular weight excluding hydrogens is 334 g/mol. The lowest BCUT2D eigenvalue weighted by atomic mass is 9.97. The SMILES string of the molecule is CC[C@@H](c1ccccc1)N1CC(NC(=O)c2cn(C3CC3)nn2)C1.S. The number of benzene rings is 1. The van der Waals surface area contributed by atoms with Crippen LogP contribution >= 0.6 is 13.5 Å². The van der Waals surface area contributed by atoms with Gasteiger partial charge in [-0.3, -0.25) is 9.69 Å². The van der Waals surface area contributed by atoms with Crippen LogP contribution in [0.4, 0.5) is 0 Å². The molecule has 1 N–H and O–H groups in total. The molecule has 134 valence electrons. The Labute approximate surface area is 155 Å². The molecule has 1 aliphatic carbocycles. The molecule has 25 heavy (non-hydrogen) atoms. The first-order valence-electron chi connectivity index (χ1n) is 8.76. The highest BCUT2D eigenvalue weighted by atomic mass is 32.1. The largest absolute Gasteiger partial charge is 0.345 e. The van der Waals surface area contributed by atoms with Crippen LogP contribution in [0, 0.1) is 0 Å². The summed E-state index contributed by atoms with van der Waals surface area (Å²) in [7, 11) is 0. The highest BCUT2D eigenvalue weighted by Crippen LogP contribution is 2.33. The number of hydrogen-bond donors (Lipinski definition) is 1. The highest BCUT2D eigenvalue weighted by Gasteiger charge is 2.34. The maximum atomic E-state index is 12.3. The number of likely N-dealkylation sites (tertiary alicyclic amines) is 1. The molecule has 0 bridgehead atoms. The number of hydrogen-bond acceptors (Lipinski definition) is 4. The number of carbonyl (C=O) groups is 1. The second-order valence-corrected chi connectivity index (χ2v) is 6.77. The van der Waals surface area contributed by atoms with Crippen LogP contribution in [0.1, 0.15) is 54.3 Å². The second kappa shape index (κ2) is 7.58. The Morgan fingerprint density at radius 1 is 1.28 bits per heavy atom. The van der Waals surface area contributed by atoms with Crippen LogP contribution in [0.15, 0.2) is 36.5 Å². The molecule has 1 aromatic carbocycles. The molecule has 1 aromatic heterocycles. The Balaban J connectivity index is 0.00000182. The molecule has 0 unspecified atom stereocenters. The Kier molecular flexibility index (Phi) is 5.44. The summed E-state index contributed by atoms with van der Waals surface area (Å²) in [5, 5.41) is 11.1. The molecule has 0 spiro atoms. The van der Waals surface area contributed by atoms with E-state index >= 15 is 0 Å². The van der Waals surface area contributed by atoms with E-state index in [-0.39, 0.29) is 25.4 Å². The summed E-state index contributed by atoms with van der Waals surface area (Å²) in [6.07, 6.45) is 5.11. The first kappa shape index (κ1) is 17.9. The van der Waals surface area contributed by atoms with Crippen molar-refractivity contribution in [3.05, 3.63) is 47.8 Å². The molecule has 1 aliphatic heterocycles. The third-order valence-electron chi connectivity index (χ3n) is 4.92. The van der Waals surface area contributed by atoms with Crippen LogP contribution in [0.3, 0.4) is 0 Å². The van der Waals surface area contributed by atoms with Gasteiger partial charge in [0.15, 0.2) is 5.69 Å². The van der Waals surface area contributed by atoms with Crippen LogP contribution in [0.5, 0.6) is 0 Å². The zero-order valence-corrected chi connectivity index (χ0v) is 15.4. The minimum Gasteiger partial charge on any atom is -0.345 e. The number of aromatic nitrogens is 3. The van der Waals surface area contributed by atoms with E-state index in [1.807, 2.05) is 10.7 Å². The minimum atomic E-state index is -0.112. The fourth-order valence-electron chi connectivity index (χ4n) is 3.40. The quantitative estimate of drug-likeness (QED) is 0.860. The fraction of sp³-hybridized carbons (Fsp3) is 0.500. The van der Waals surface area contributed by atoms with E-state index in [9.17, 15) is 4.79 Å². The average molecular weight is 359 g/mol.